The Bertz CT molecular complexity index is 606. The van der Waals surface area contributed by atoms with Gasteiger partial charge in [0, 0.05) is 12.1 Å². The van der Waals surface area contributed by atoms with Gasteiger partial charge in [0.05, 0.1) is 12.2 Å². The lowest BCUT2D eigenvalue weighted by Gasteiger charge is -2.33. The molecule has 0 saturated heterocycles. The van der Waals surface area contributed by atoms with E-state index in [1.807, 2.05) is 36.4 Å². The summed E-state index contributed by atoms with van der Waals surface area (Å²) < 4.78 is 0. The predicted molar refractivity (Wildman–Crippen MR) is 126 cm³/mol. The monoisotopic (exact) mass is 412 g/mol. The molecule has 0 amide bonds. The van der Waals surface area contributed by atoms with Crippen molar-refractivity contribution in [2.24, 2.45) is 0 Å². The molecule has 0 radical (unpaired) electrons. The summed E-state index contributed by atoms with van der Waals surface area (Å²) in [5, 5.41) is 29.4. The van der Waals surface area contributed by atoms with Gasteiger partial charge in [0.1, 0.15) is 0 Å². The highest BCUT2D eigenvalue weighted by atomic mass is 16.3. The number of benzene rings is 2. The molecule has 0 spiro atoms. The van der Waals surface area contributed by atoms with E-state index in [0.717, 1.165) is 49.9 Å². The van der Waals surface area contributed by atoms with Gasteiger partial charge in [-0.1, -0.05) is 87.4 Å². The third kappa shape index (κ3) is 8.57. The third-order valence-corrected chi connectivity index (χ3v) is 5.65. The van der Waals surface area contributed by atoms with E-state index in [4.69, 9.17) is 0 Å². The lowest BCUT2D eigenvalue weighted by molar-refractivity contribution is -0.0240. The second kappa shape index (κ2) is 14.3. The molecule has 166 valence electrons. The number of aliphatic hydroxyl groups is 2. The van der Waals surface area contributed by atoms with Crippen molar-refractivity contribution < 1.29 is 10.2 Å². The van der Waals surface area contributed by atoms with Crippen LogP contribution in [0.25, 0.3) is 0 Å². The van der Waals surface area contributed by atoms with Gasteiger partial charge in [-0.3, -0.25) is 0 Å². The van der Waals surface area contributed by atoms with Gasteiger partial charge in [-0.05, 0) is 49.9 Å². The van der Waals surface area contributed by atoms with Crippen LogP contribution < -0.4 is 10.6 Å². The average molecular weight is 413 g/mol. The van der Waals surface area contributed by atoms with E-state index in [2.05, 4.69) is 48.7 Å². The van der Waals surface area contributed by atoms with Crippen LogP contribution in [-0.4, -0.2) is 47.6 Å². The van der Waals surface area contributed by atoms with Crippen molar-refractivity contribution in [3.8, 4) is 0 Å². The Morgan fingerprint density at radius 1 is 0.633 bits per heavy atom. The predicted octanol–water partition coefficient (Wildman–Crippen LogP) is 3.71. The maximum absolute atomic E-state index is 11.2. The highest BCUT2D eigenvalue weighted by Gasteiger charge is 2.32. The van der Waals surface area contributed by atoms with Crippen molar-refractivity contribution in [1.29, 1.82) is 0 Å². The smallest absolute Gasteiger partial charge is 0.0970 e. The van der Waals surface area contributed by atoms with E-state index in [1.54, 1.807) is 0 Å². The Kier molecular flexibility index (Phi) is 11.7. The average Bonchev–Trinajstić information content (AvgIpc) is 2.78. The summed E-state index contributed by atoms with van der Waals surface area (Å²) in [5.41, 5.74) is 2.33. The first-order valence-electron chi connectivity index (χ1n) is 11.6. The van der Waals surface area contributed by atoms with Gasteiger partial charge in [0.25, 0.3) is 0 Å². The number of unbranched alkanes of at least 4 members (excludes halogenated alkanes) is 2. The van der Waals surface area contributed by atoms with E-state index in [-0.39, 0.29) is 12.1 Å². The Balaban J connectivity index is 2.11. The number of hydrogen-bond acceptors (Lipinski definition) is 4. The molecule has 4 N–H and O–H groups in total. The second-order valence-electron chi connectivity index (χ2n) is 8.19. The molecule has 0 bridgehead atoms. The minimum Gasteiger partial charge on any atom is -0.389 e. The van der Waals surface area contributed by atoms with Crippen molar-refractivity contribution in [3.05, 3.63) is 71.8 Å². The zero-order valence-corrected chi connectivity index (χ0v) is 18.6. The maximum Gasteiger partial charge on any atom is 0.0970 e. The van der Waals surface area contributed by atoms with Crippen LogP contribution in [-0.2, 0) is 12.8 Å². The van der Waals surface area contributed by atoms with E-state index < -0.39 is 12.2 Å². The molecule has 0 fully saturated rings. The zero-order chi connectivity index (χ0) is 21.6. The molecule has 0 aliphatic heterocycles. The zero-order valence-electron chi connectivity index (χ0n) is 18.6. The van der Waals surface area contributed by atoms with Crippen molar-refractivity contribution in [2.75, 3.05) is 13.1 Å². The van der Waals surface area contributed by atoms with Crippen molar-refractivity contribution in [2.45, 2.75) is 76.7 Å². The van der Waals surface area contributed by atoms with E-state index in [0.29, 0.717) is 12.8 Å². The second-order valence-corrected chi connectivity index (χ2v) is 8.19. The quantitative estimate of drug-likeness (QED) is 0.337. The van der Waals surface area contributed by atoms with Gasteiger partial charge < -0.3 is 20.8 Å². The molecule has 4 atom stereocenters. The highest BCUT2D eigenvalue weighted by Crippen LogP contribution is 2.15. The summed E-state index contributed by atoms with van der Waals surface area (Å²) >= 11 is 0. The molecule has 0 aliphatic rings. The molecular formula is C26H40N2O2. The van der Waals surface area contributed by atoms with E-state index >= 15 is 0 Å². The first kappa shape index (κ1) is 24.5. The van der Waals surface area contributed by atoms with E-state index in [1.165, 1.54) is 0 Å². The molecule has 0 unspecified atom stereocenters. The van der Waals surface area contributed by atoms with Crippen molar-refractivity contribution in [1.82, 2.24) is 10.6 Å². The molecule has 0 aromatic heterocycles. The number of rotatable bonds is 15. The topological polar surface area (TPSA) is 64.5 Å². The summed E-state index contributed by atoms with van der Waals surface area (Å²) in [6.07, 6.45) is 3.96. The van der Waals surface area contributed by atoms with Gasteiger partial charge in [-0.15, -0.1) is 0 Å². The summed E-state index contributed by atoms with van der Waals surface area (Å²) in [6, 6.07) is 20.0. The van der Waals surface area contributed by atoms with Gasteiger partial charge in [-0.2, -0.15) is 0 Å². The lowest BCUT2D eigenvalue weighted by Crippen LogP contribution is -2.55. The SMILES string of the molecule is CCCCN[C@H](Cc1ccccc1)[C@H](O)[C@@H](O)[C@@H](Cc1ccccc1)NCCCC. The summed E-state index contributed by atoms with van der Waals surface area (Å²) in [4.78, 5) is 0. The first-order chi connectivity index (χ1) is 14.7. The van der Waals surface area contributed by atoms with Crippen LogP contribution >= 0.6 is 0 Å². The molecule has 0 aliphatic carbocycles. The number of hydrogen-bond donors (Lipinski definition) is 4. The Labute approximate surface area is 182 Å². The summed E-state index contributed by atoms with van der Waals surface area (Å²) in [5.74, 6) is 0. The number of aliphatic hydroxyl groups excluding tert-OH is 2. The molecule has 2 aromatic rings. The standard InChI is InChI=1S/C26H40N2O2/c1-3-5-17-27-23(19-21-13-9-7-10-14-21)25(29)26(30)24(28-18-6-4-2)20-22-15-11-8-12-16-22/h7-16,23-30H,3-6,17-20H2,1-2H3/t23-,24-,25+,26+/m1/s1. The van der Waals surface area contributed by atoms with Crippen LogP contribution in [0.1, 0.15) is 50.7 Å². The Hall–Kier alpha value is -1.72. The van der Waals surface area contributed by atoms with Crippen LogP contribution in [0.3, 0.4) is 0 Å². The molecule has 30 heavy (non-hydrogen) atoms. The molecule has 2 rings (SSSR count). The molecule has 4 nitrogen and oxygen atoms in total. The normalized spacial score (nSPS) is 15.5. The van der Waals surface area contributed by atoms with Crippen molar-refractivity contribution >= 4 is 0 Å². The fourth-order valence-corrected chi connectivity index (χ4v) is 3.77. The van der Waals surface area contributed by atoms with E-state index in [9.17, 15) is 10.2 Å². The summed E-state index contributed by atoms with van der Waals surface area (Å²) in [7, 11) is 0. The molecule has 0 heterocycles. The first-order valence-corrected chi connectivity index (χ1v) is 11.6. The lowest BCUT2D eigenvalue weighted by atomic mass is 9.91. The van der Waals surface area contributed by atoms with Gasteiger partial charge >= 0.3 is 0 Å². The highest BCUT2D eigenvalue weighted by molar-refractivity contribution is 5.18. The fourth-order valence-electron chi connectivity index (χ4n) is 3.77. The molecular weight excluding hydrogens is 372 g/mol. The minimum absolute atomic E-state index is 0.194. The van der Waals surface area contributed by atoms with Crippen LogP contribution in [0.2, 0.25) is 0 Å². The van der Waals surface area contributed by atoms with Crippen LogP contribution in [0.5, 0.6) is 0 Å². The molecule has 2 aromatic carbocycles. The molecule has 4 heteroatoms. The Morgan fingerprint density at radius 2 is 1.00 bits per heavy atom. The largest absolute Gasteiger partial charge is 0.389 e. The maximum atomic E-state index is 11.2. The van der Waals surface area contributed by atoms with Crippen LogP contribution in [0.4, 0.5) is 0 Å². The van der Waals surface area contributed by atoms with Crippen molar-refractivity contribution in [3.63, 3.8) is 0 Å². The number of nitrogens with one attached hydrogen (secondary N) is 2. The fraction of sp³-hybridized carbons (Fsp3) is 0.538. The summed E-state index contributed by atoms with van der Waals surface area (Å²) in [6.45, 7) is 5.99. The van der Waals surface area contributed by atoms with Gasteiger partial charge in [0.2, 0.25) is 0 Å². The van der Waals surface area contributed by atoms with Crippen LogP contribution in [0.15, 0.2) is 60.7 Å². The third-order valence-electron chi connectivity index (χ3n) is 5.65. The molecule has 0 saturated carbocycles. The Morgan fingerprint density at radius 3 is 1.33 bits per heavy atom. The van der Waals surface area contributed by atoms with Gasteiger partial charge in [0.15, 0.2) is 0 Å². The minimum atomic E-state index is -0.857. The van der Waals surface area contributed by atoms with Gasteiger partial charge in [-0.25, -0.2) is 0 Å². The van der Waals surface area contributed by atoms with Crippen LogP contribution in [0, 0.1) is 0 Å².